The minimum absolute atomic E-state index is 0.212. The number of benzene rings is 3. The van der Waals surface area contributed by atoms with Gasteiger partial charge in [-0.25, -0.2) is 0 Å². The van der Waals surface area contributed by atoms with Gasteiger partial charge in [0.1, 0.15) is 11.5 Å². The van der Waals surface area contributed by atoms with Crippen molar-refractivity contribution in [1.82, 2.24) is 0 Å². The smallest absolute Gasteiger partial charge is 0.255 e. The van der Waals surface area contributed by atoms with Crippen LogP contribution in [0, 0.1) is 0 Å². The van der Waals surface area contributed by atoms with Crippen LogP contribution in [0.3, 0.4) is 0 Å². The van der Waals surface area contributed by atoms with Crippen LogP contribution in [0.4, 0.5) is 5.69 Å². The molecule has 3 rings (SSSR count). The molecule has 0 atom stereocenters. The second kappa shape index (κ2) is 9.24. The van der Waals surface area contributed by atoms with Gasteiger partial charge in [-0.1, -0.05) is 42.5 Å². The number of halogens is 1. The van der Waals surface area contributed by atoms with Crippen molar-refractivity contribution in [2.75, 3.05) is 19.0 Å². The fraction of sp³-hybridized carbons (Fsp3) is 0.136. The first kappa shape index (κ1) is 19.0. The lowest BCUT2D eigenvalue weighted by atomic mass is 10.1. The van der Waals surface area contributed by atoms with E-state index in [1.165, 1.54) is 5.56 Å². The Kier molecular flexibility index (Phi) is 6.49. The number of rotatable bonds is 7. The zero-order valence-corrected chi connectivity index (χ0v) is 16.5. The molecular weight excluding hydrogens is 406 g/mol. The lowest BCUT2D eigenvalue weighted by Crippen LogP contribution is -2.12. The molecule has 0 heterocycles. The zero-order valence-electron chi connectivity index (χ0n) is 14.9. The van der Waals surface area contributed by atoms with Gasteiger partial charge in [0.15, 0.2) is 0 Å². The summed E-state index contributed by atoms with van der Waals surface area (Å²) in [7, 11) is 1.57. The molecule has 3 aromatic carbocycles. The van der Waals surface area contributed by atoms with Crippen LogP contribution in [0.5, 0.6) is 11.5 Å². The third kappa shape index (κ3) is 5.11. The summed E-state index contributed by atoms with van der Waals surface area (Å²) < 4.78 is 11.8. The highest BCUT2D eigenvalue weighted by Crippen LogP contribution is 2.28. The Morgan fingerprint density at radius 2 is 1.70 bits per heavy atom. The van der Waals surface area contributed by atoms with E-state index in [1.807, 2.05) is 30.3 Å². The maximum absolute atomic E-state index is 12.5. The van der Waals surface area contributed by atoms with Crippen LogP contribution < -0.4 is 14.8 Å². The Bertz CT molecular complexity index is 912. The highest BCUT2D eigenvalue weighted by molar-refractivity contribution is 9.10. The van der Waals surface area contributed by atoms with Crippen LogP contribution in [0.25, 0.3) is 0 Å². The van der Waals surface area contributed by atoms with Crippen molar-refractivity contribution in [3.05, 3.63) is 88.4 Å². The summed E-state index contributed by atoms with van der Waals surface area (Å²) in [5.74, 6) is 1.11. The fourth-order valence-electron chi connectivity index (χ4n) is 2.63. The van der Waals surface area contributed by atoms with E-state index in [1.54, 1.807) is 37.4 Å². The minimum Gasteiger partial charge on any atom is -0.495 e. The van der Waals surface area contributed by atoms with Crippen LogP contribution in [0.2, 0.25) is 0 Å². The number of hydrogen-bond acceptors (Lipinski definition) is 3. The van der Waals surface area contributed by atoms with E-state index in [0.717, 1.165) is 10.9 Å². The molecule has 0 aliphatic carbocycles. The van der Waals surface area contributed by atoms with Gasteiger partial charge in [-0.05, 0) is 51.8 Å². The average molecular weight is 426 g/mol. The first-order valence-electron chi connectivity index (χ1n) is 8.58. The van der Waals surface area contributed by atoms with Gasteiger partial charge >= 0.3 is 0 Å². The van der Waals surface area contributed by atoms with E-state index in [2.05, 4.69) is 33.4 Å². The first-order valence-corrected chi connectivity index (χ1v) is 9.37. The Morgan fingerprint density at radius 1 is 0.963 bits per heavy atom. The van der Waals surface area contributed by atoms with Gasteiger partial charge in [-0.15, -0.1) is 0 Å². The summed E-state index contributed by atoms with van der Waals surface area (Å²) in [6.07, 6.45) is 0.823. The molecule has 0 aliphatic heterocycles. The number of amides is 1. The van der Waals surface area contributed by atoms with Gasteiger partial charge in [-0.2, -0.15) is 0 Å². The van der Waals surface area contributed by atoms with E-state index in [-0.39, 0.29) is 5.91 Å². The zero-order chi connectivity index (χ0) is 19.1. The molecular formula is C22H20BrNO3. The second-order valence-electron chi connectivity index (χ2n) is 5.88. The lowest BCUT2D eigenvalue weighted by Gasteiger charge is -2.12. The molecule has 0 radical (unpaired) electrons. The maximum Gasteiger partial charge on any atom is 0.255 e. The van der Waals surface area contributed by atoms with E-state index >= 15 is 0 Å². The summed E-state index contributed by atoms with van der Waals surface area (Å²) in [4.78, 5) is 12.5. The fourth-order valence-corrected chi connectivity index (χ4v) is 3.12. The molecule has 0 aliphatic rings. The molecule has 1 amide bonds. The summed E-state index contributed by atoms with van der Waals surface area (Å²) >= 11 is 3.49. The monoisotopic (exact) mass is 425 g/mol. The molecule has 0 saturated heterocycles. The predicted octanol–water partition coefficient (Wildman–Crippen LogP) is 5.33. The Labute approximate surface area is 167 Å². The molecule has 5 heteroatoms. The minimum atomic E-state index is -0.212. The Balaban J connectivity index is 1.62. The van der Waals surface area contributed by atoms with Crippen LogP contribution in [-0.2, 0) is 6.42 Å². The normalized spacial score (nSPS) is 10.3. The number of anilines is 1. The number of carbonyl (C=O) groups excluding carboxylic acids is 1. The predicted molar refractivity (Wildman–Crippen MR) is 111 cm³/mol. The van der Waals surface area contributed by atoms with E-state index < -0.39 is 0 Å². The topological polar surface area (TPSA) is 47.6 Å². The van der Waals surface area contributed by atoms with Gasteiger partial charge in [0.2, 0.25) is 0 Å². The van der Waals surface area contributed by atoms with Crippen molar-refractivity contribution < 1.29 is 14.3 Å². The lowest BCUT2D eigenvalue weighted by molar-refractivity contribution is 0.102. The molecule has 0 unspecified atom stereocenters. The Morgan fingerprint density at radius 3 is 2.44 bits per heavy atom. The first-order chi connectivity index (χ1) is 13.2. The van der Waals surface area contributed by atoms with Crippen LogP contribution >= 0.6 is 15.9 Å². The maximum atomic E-state index is 12.5. The third-order valence-electron chi connectivity index (χ3n) is 4.04. The number of methoxy groups -OCH3 is 1. The largest absolute Gasteiger partial charge is 0.495 e. The number of para-hydroxylation sites is 2. The van der Waals surface area contributed by atoms with Gasteiger partial charge in [0, 0.05) is 12.0 Å². The summed E-state index contributed by atoms with van der Waals surface area (Å²) in [6, 6.07) is 22.8. The molecule has 0 spiro atoms. The molecule has 0 aromatic heterocycles. The molecule has 3 aromatic rings. The van der Waals surface area contributed by atoms with Gasteiger partial charge in [-0.3, -0.25) is 4.79 Å². The standard InChI is InChI=1S/C22H20BrNO3/c1-26-21-10-6-5-9-19(21)24-22(25)17-11-12-20(18(23)15-17)27-14-13-16-7-3-2-4-8-16/h2-12,15H,13-14H2,1H3,(H,24,25). The van der Waals surface area contributed by atoms with Crippen LogP contribution in [0.1, 0.15) is 15.9 Å². The molecule has 0 saturated carbocycles. The summed E-state index contributed by atoms with van der Waals surface area (Å²) in [6.45, 7) is 0.565. The number of nitrogens with one attached hydrogen (secondary N) is 1. The third-order valence-corrected chi connectivity index (χ3v) is 4.66. The number of hydrogen-bond donors (Lipinski definition) is 1. The summed E-state index contributed by atoms with van der Waals surface area (Å²) in [5.41, 5.74) is 2.38. The molecule has 0 bridgehead atoms. The van der Waals surface area contributed by atoms with Gasteiger partial charge in [0.25, 0.3) is 5.91 Å². The van der Waals surface area contributed by atoms with Gasteiger partial charge < -0.3 is 14.8 Å². The SMILES string of the molecule is COc1ccccc1NC(=O)c1ccc(OCCc2ccccc2)c(Br)c1. The number of carbonyl (C=O) groups is 1. The molecule has 4 nitrogen and oxygen atoms in total. The van der Waals surface area contributed by atoms with Crippen molar-refractivity contribution >= 4 is 27.5 Å². The quantitative estimate of drug-likeness (QED) is 0.556. The van der Waals surface area contributed by atoms with Gasteiger partial charge in [0.05, 0.1) is 23.9 Å². The van der Waals surface area contributed by atoms with E-state index in [4.69, 9.17) is 9.47 Å². The van der Waals surface area contributed by atoms with E-state index in [0.29, 0.717) is 29.4 Å². The highest BCUT2D eigenvalue weighted by atomic mass is 79.9. The number of ether oxygens (including phenoxy) is 2. The molecule has 27 heavy (non-hydrogen) atoms. The van der Waals surface area contributed by atoms with Crippen molar-refractivity contribution in [1.29, 1.82) is 0 Å². The molecule has 1 N–H and O–H groups in total. The van der Waals surface area contributed by atoms with Crippen molar-refractivity contribution in [3.63, 3.8) is 0 Å². The van der Waals surface area contributed by atoms with Crippen molar-refractivity contribution in [2.24, 2.45) is 0 Å². The summed E-state index contributed by atoms with van der Waals surface area (Å²) in [5, 5.41) is 2.86. The van der Waals surface area contributed by atoms with E-state index in [9.17, 15) is 4.79 Å². The highest BCUT2D eigenvalue weighted by Gasteiger charge is 2.12. The van der Waals surface area contributed by atoms with Crippen LogP contribution in [0.15, 0.2) is 77.3 Å². The molecule has 0 fully saturated rings. The van der Waals surface area contributed by atoms with Crippen molar-refractivity contribution in [2.45, 2.75) is 6.42 Å². The average Bonchev–Trinajstić information content (AvgIpc) is 2.70. The van der Waals surface area contributed by atoms with Crippen LogP contribution in [-0.4, -0.2) is 19.6 Å². The molecule has 138 valence electrons. The van der Waals surface area contributed by atoms with Crippen molar-refractivity contribution in [3.8, 4) is 11.5 Å². The Hall–Kier alpha value is -2.79. The second-order valence-corrected chi connectivity index (χ2v) is 6.74.